The molecule has 2 saturated heterocycles. The van der Waals surface area contributed by atoms with Gasteiger partial charge in [0.1, 0.15) is 30.9 Å². The van der Waals surface area contributed by atoms with Crippen molar-refractivity contribution in [3.05, 3.63) is 302 Å². The van der Waals surface area contributed by atoms with Gasteiger partial charge in [-0.1, -0.05) is 74.3 Å². The van der Waals surface area contributed by atoms with Crippen LogP contribution in [0.2, 0.25) is 5.02 Å². The first kappa shape index (κ1) is 99.1. The Morgan fingerprint density at radius 3 is 1.22 bits per heavy atom. The highest BCUT2D eigenvalue weighted by Gasteiger charge is 2.27. The van der Waals surface area contributed by atoms with Crippen LogP contribution in [0, 0.1) is 40.7 Å². The third-order valence-electron chi connectivity index (χ3n) is 19.1. The van der Waals surface area contributed by atoms with Gasteiger partial charge in [-0.15, -0.1) is 0 Å². The van der Waals surface area contributed by atoms with Gasteiger partial charge in [0.2, 0.25) is 41.5 Å². The number of hydrogen-bond acceptors (Lipinski definition) is 29. The first-order valence-corrected chi connectivity index (χ1v) is 41.6. The number of halogens is 8. The van der Waals surface area contributed by atoms with Crippen LogP contribution in [0.25, 0.3) is 0 Å². The first-order valence-electron chi connectivity index (χ1n) is 41.2. The number of carbonyl (C=O) groups excluding carboxylic acids is 4. The molecule has 0 bridgehead atoms. The summed E-state index contributed by atoms with van der Waals surface area (Å²) in [5.41, 5.74) is 6.59. The van der Waals surface area contributed by atoms with Crippen molar-refractivity contribution in [2.75, 3.05) is 119 Å². The number of amides is 3. The summed E-state index contributed by atoms with van der Waals surface area (Å²) in [6, 6.07) is 45.1. The van der Waals surface area contributed by atoms with Crippen molar-refractivity contribution >= 4 is 145 Å². The smallest absolute Gasteiger partial charge is 0.247 e. The Morgan fingerprint density at radius 2 is 0.821 bits per heavy atom. The number of ether oxygens (including phenoxy) is 5. The number of Topliss-reactive ketones (excluding diaryl/α,β-unsaturated/α-hetero) is 1. The number of methoxy groups -OCH3 is 2. The van der Waals surface area contributed by atoms with E-state index in [2.05, 4.69) is 135 Å². The van der Waals surface area contributed by atoms with Crippen LogP contribution in [0.3, 0.4) is 0 Å². The Labute approximate surface area is 769 Å². The lowest BCUT2D eigenvalue weighted by molar-refractivity contribution is -0.112. The fourth-order valence-corrected chi connectivity index (χ4v) is 12.8. The number of ketones is 1. The van der Waals surface area contributed by atoms with Gasteiger partial charge in [-0.2, -0.15) is 19.9 Å². The van der Waals surface area contributed by atoms with Crippen molar-refractivity contribution in [1.82, 2.24) is 50.5 Å². The van der Waals surface area contributed by atoms with Gasteiger partial charge in [-0.05, 0) is 171 Å². The Hall–Kier alpha value is -15.5. The highest BCUT2D eigenvalue weighted by atomic mass is 35.5. The summed E-state index contributed by atoms with van der Waals surface area (Å²) < 4.78 is 127. The van der Waals surface area contributed by atoms with Crippen molar-refractivity contribution in [2.24, 2.45) is 0 Å². The zero-order valence-corrected chi connectivity index (χ0v) is 73.0. The zero-order valence-electron chi connectivity index (χ0n) is 72.3. The number of hydrogen-bond donors (Lipinski definition) is 15. The van der Waals surface area contributed by atoms with Gasteiger partial charge in [0.05, 0.1) is 55.7 Å². The normalized spacial score (nSPS) is 13.9. The molecule has 0 radical (unpaired) electrons. The molecule has 6 heterocycles. The predicted octanol–water partition coefficient (Wildman–Crippen LogP) is 17.4. The number of aryl methyl sites for hydroxylation is 1. The predicted molar refractivity (Wildman–Crippen MR) is 500 cm³/mol. The lowest BCUT2D eigenvalue weighted by Crippen LogP contribution is -2.25. The molecule has 0 unspecified atom stereocenters. The third-order valence-corrected chi connectivity index (χ3v) is 19.4. The van der Waals surface area contributed by atoms with Crippen LogP contribution in [0.5, 0.6) is 17.2 Å². The van der Waals surface area contributed by atoms with Crippen LogP contribution in [0.4, 0.5) is 140 Å². The average molecular weight is 1860 g/mol. The Kier molecular flexibility index (Phi) is 36.6. The molecule has 32 nitrogen and oxygen atoms in total. The molecule has 2 aliphatic rings. The molecule has 0 spiro atoms. The molecule has 696 valence electrons. The summed E-state index contributed by atoms with van der Waals surface area (Å²) in [5.74, 6) is -4.91. The molecule has 0 saturated carbocycles. The van der Waals surface area contributed by atoms with E-state index < -0.39 is 34.9 Å². The number of nitrogens with zero attached hydrogens (tertiary/aromatic N) is 8. The van der Waals surface area contributed by atoms with Crippen LogP contribution in [-0.4, -0.2) is 158 Å². The van der Waals surface area contributed by atoms with Gasteiger partial charge < -0.3 is 103 Å². The van der Waals surface area contributed by atoms with E-state index in [4.69, 9.17) is 35.3 Å². The van der Waals surface area contributed by atoms with E-state index in [1.807, 2.05) is 0 Å². The second-order valence-electron chi connectivity index (χ2n) is 29.3. The van der Waals surface area contributed by atoms with Crippen LogP contribution in [0.15, 0.2) is 245 Å². The number of carbonyl (C=O) groups is 4. The molecule has 4 atom stereocenters. The standard InChI is InChI=1S/C25H26F2N6O2.C24H24F2N6O3.C23H22F2N4O3.C22H21ClFN5O3/c1-2-23(35)30-17-4-3-5-18(10-17)31-24-22(27)14-29-25(33-24)32-19-9-7-15(21(26)12-19)6-8-16-11-20(34)13-28-16;1-2-22(34)29-14-4-3-5-15(8-14)30-23-20(26)12-28-24(32-23)31-16-6-7-21(19(25)10-16)35-18-9-17(13-33)27-11-18;1-14(2)21(30)15-5-4-6-16(11-15)27-22-19(25)13-26-23(29-22)28-17-7-8-20(18(24)12-17)32-10-9-31-3;1-3-20(30)26-14-5-4-6-15(11-14)27-21-18(24)13-25-22(29-21)28-16-7-8-17(23)19(12-16)32-10-9-31-2/h2-5,7,9-10,12,14,16,20,28,34H,1,6,8,11,13H2,(H,30,35)(H2,29,31,32,33);2-8,10,12,17-18,27,33H,1,9,11,13H2,(H,29,34)(H2,28,30,31,32);4-8,11-13H,1,9-10H2,2-3H3,(H2,26,27,28,29);3-8,11-13H,1,9-10H2,2H3,(H,26,30)(H2,25,27,28,29)/t16-,20-;17-,18+;;/m10../s1. The van der Waals surface area contributed by atoms with Gasteiger partial charge in [0.15, 0.2) is 75.5 Å². The quantitative estimate of drug-likeness (QED) is 0.00739. The molecule has 15 N–H and O–H groups in total. The molecule has 12 aromatic rings. The minimum absolute atomic E-state index is 0.00295. The van der Waals surface area contributed by atoms with Crippen LogP contribution < -0.4 is 83.3 Å². The van der Waals surface area contributed by atoms with Crippen molar-refractivity contribution in [2.45, 2.75) is 56.9 Å². The number of benzene rings is 8. The molecule has 3 amide bonds. The summed E-state index contributed by atoms with van der Waals surface area (Å²) in [6.07, 6.45) is 9.43. The molecule has 4 aromatic heterocycles. The molecule has 40 heteroatoms. The number of anilines is 19. The second kappa shape index (κ2) is 49.5. The van der Waals surface area contributed by atoms with Crippen molar-refractivity contribution in [3.63, 3.8) is 0 Å². The van der Waals surface area contributed by atoms with Gasteiger partial charge in [0.25, 0.3) is 0 Å². The maximum absolute atomic E-state index is 14.6. The monoisotopic (exact) mass is 1860 g/mol. The van der Waals surface area contributed by atoms with Crippen LogP contribution >= 0.6 is 11.6 Å². The molecule has 2 fully saturated rings. The Bertz CT molecular complexity index is 6160. The lowest BCUT2D eigenvalue weighted by atomic mass is 10.0. The molecule has 134 heavy (non-hydrogen) atoms. The third kappa shape index (κ3) is 30.6. The first-order chi connectivity index (χ1) is 64.7. The van der Waals surface area contributed by atoms with E-state index in [9.17, 15) is 60.1 Å². The van der Waals surface area contributed by atoms with Gasteiger partial charge in [-0.25, -0.2) is 50.7 Å². The summed E-state index contributed by atoms with van der Waals surface area (Å²) in [7, 11) is 3.10. The summed E-state index contributed by atoms with van der Waals surface area (Å²) >= 11 is 6.15. The van der Waals surface area contributed by atoms with Crippen LogP contribution in [-0.2, 0) is 30.3 Å². The second-order valence-corrected chi connectivity index (χ2v) is 29.7. The van der Waals surface area contributed by atoms with E-state index in [-0.39, 0.29) is 125 Å². The van der Waals surface area contributed by atoms with Gasteiger partial charge >= 0.3 is 0 Å². The summed E-state index contributed by atoms with van der Waals surface area (Å²) in [6.45, 7) is 17.9. The number of aromatic nitrogens is 8. The zero-order chi connectivity index (χ0) is 95.6. The van der Waals surface area contributed by atoms with Gasteiger partial charge in [0, 0.05) is 132 Å². The van der Waals surface area contributed by atoms with Crippen molar-refractivity contribution in [3.8, 4) is 17.2 Å². The van der Waals surface area contributed by atoms with E-state index in [0.717, 1.165) is 49.4 Å². The highest BCUT2D eigenvalue weighted by Crippen LogP contribution is 2.34. The highest BCUT2D eigenvalue weighted by molar-refractivity contribution is 6.32. The fraction of sp³-hybridized carbons (Fsp3) is 0.191. The fourth-order valence-electron chi connectivity index (χ4n) is 12.6. The molecule has 0 aliphatic carbocycles. The summed E-state index contributed by atoms with van der Waals surface area (Å²) in [5, 5.41) is 56.4. The van der Waals surface area contributed by atoms with Gasteiger partial charge in [-0.3, -0.25) is 19.2 Å². The van der Waals surface area contributed by atoms with Crippen molar-refractivity contribution in [1.29, 1.82) is 0 Å². The Balaban J connectivity index is 0.000000172. The largest absolute Gasteiger partial charge is 0.490 e. The SMILES string of the molecule is C=C(C)C(=O)c1cccc(Nc2nc(Nc3ccc(OCCOC)c(F)c3)ncc2F)c1.C=CC(=O)Nc1cccc(Nc2nc(Nc3ccc(CC[C@@H]4C[C@@H](O)CN4)c(F)c3)ncc2F)c1.C=CC(=O)Nc1cccc(Nc2nc(Nc3ccc(Cl)c(OCCOC)c3)ncc2F)c1.C=CC(=O)Nc1cccc(Nc2nc(Nc3ccc(O[C@H]4CN[C@H](CO)C4)c(F)c3)ncc2F)c1. The molecule has 2 aliphatic heterocycles. The van der Waals surface area contributed by atoms with E-state index in [1.54, 1.807) is 154 Å². The Morgan fingerprint density at radius 1 is 0.440 bits per heavy atom. The maximum atomic E-state index is 14.6. The molecular weight excluding hydrogens is 1770 g/mol. The number of nitrogens with one attached hydrogen (secondary N) is 13. The number of allylic oxidation sites excluding steroid dienone is 1. The minimum Gasteiger partial charge on any atom is -0.490 e. The molecule has 14 rings (SSSR count). The molecular formula is C94H93ClF7N21O11. The molecule has 8 aromatic carbocycles. The number of aliphatic hydroxyl groups excluding tert-OH is 2. The summed E-state index contributed by atoms with van der Waals surface area (Å²) in [4.78, 5) is 78.9. The van der Waals surface area contributed by atoms with Crippen LogP contribution in [0.1, 0.15) is 42.1 Å². The minimum atomic E-state index is -0.697. The van der Waals surface area contributed by atoms with E-state index >= 15 is 0 Å². The lowest BCUT2D eigenvalue weighted by Gasteiger charge is -2.14. The number of aliphatic hydroxyl groups is 2. The maximum Gasteiger partial charge on any atom is 0.247 e. The number of rotatable bonds is 38. The van der Waals surface area contributed by atoms with Crippen molar-refractivity contribution < 1.29 is 83.8 Å². The topological polar surface area (TPSA) is 414 Å². The average Bonchev–Trinajstić information content (AvgIpc) is 1.17. The van der Waals surface area contributed by atoms with E-state index in [0.29, 0.717) is 142 Å². The van der Waals surface area contributed by atoms with E-state index in [1.165, 1.54) is 37.4 Å². The number of β-amino-alcohol motifs (C(OH)–C–C–N with tert-alkyl or cyclic N) is 1.